The van der Waals surface area contributed by atoms with Crippen LogP contribution in [0.2, 0.25) is 0 Å². The fourth-order valence-electron chi connectivity index (χ4n) is 5.02. The minimum Gasteiger partial charge on any atom is -0.494 e. The first-order chi connectivity index (χ1) is 19.8. The number of ether oxygens (including phenoxy) is 3. The lowest BCUT2D eigenvalue weighted by atomic mass is 9.96. The Bertz CT molecular complexity index is 1690. The van der Waals surface area contributed by atoms with Crippen LogP contribution >= 0.6 is 11.3 Å². The molecule has 0 amide bonds. The second-order valence-electron chi connectivity index (χ2n) is 9.40. The number of nitro groups is 1. The minimum absolute atomic E-state index is 0.0752. The van der Waals surface area contributed by atoms with Gasteiger partial charge in [0.15, 0.2) is 4.80 Å². The molecule has 0 bridgehead atoms. The Labute approximate surface area is 239 Å². The number of benzene rings is 2. The second-order valence-corrected chi connectivity index (χ2v) is 10.4. The van der Waals surface area contributed by atoms with Gasteiger partial charge in [-0.1, -0.05) is 23.5 Å². The van der Waals surface area contributed by atoms with Crippen LogP contribution in [0.5, 0.6) is 5.75 Å². The van der Waals surface area contributed by atoms with Gasteiger partial charge in [-0.05, 0) is 50.6 Å². The van der Waals surface area contributed by atoms with Crippen LogP contribution in [-0.2, 0) is 14.3 Å². The van der Waals surface area contributed by atoms with Crippen LogP contribution in [0.25, 0.3) is 6.08 Å². The summed E-state index contributed by atoms with van der Waals surface area (Å²) in [4.78, 5) is 45.4. The van der Waals surface area contributed by atoms with Crippen molar-refractivity contribution in [1.29, 1.82) is 0 Å². The summed E-state index contributed by atoms with van der Waals surface area (Å²) >= 11 is 1.17. The number of anilines is 1. The van der Waals surface area contributed by atoms with Gasteiger partial charge in [-0.3, -0.25) is 19.5 Å². The zero-order chi connectivity index (χ0) is 29.1. The Morgan fingerprint density at radius 3 is 2.56 bits per heavy atom. The number of allylic oxidation sites excluding steroid dienone is 1. The van der Waals surface area contributed by atoms with Gasteiger partial charge < -0.3 is 19.1 Å². The lowest BCUT2D eigenvalue weighted by Gasteiger charge is -2.30. The Balaban J connectivity index is 1.69. The van der Waals surface area contributed by atoms with Gasteiger partial charge in [0.1, 0.15) is 5.75 Å². The average Bonchev–Trinajstić information content (AvgIpc) is 3.27. The normalized spacial score (nSPS) is 17.2. The molecule has 2 aliphatic heterocycles. The molecular formula is C29H30N4O7S. The van der Waals surface area contributed by atoms with Crippen molar-refractivity contribution in [1.82, 2.24) is 4.57 Å². The van der Waals surface area contributed by atoms with Crippen molar-refractivity contribution >= 4 is 34.8 Å². The van der Waals surface area contributed by atoms with Crippen LogP contribution in [0, 0.1) is 10.1 Å². The molecule has 214 valence electrons. The van der Waals surface area contributed by atoms with Crippen LogP contribution in [0.15, 0.2) is 63.5 Å². The predicted octanol–water partition coefficient (Wildman–Crippen LogP) is 2.94. The summed E-state index contributed by atoms with van der Waals surface area (Å²) in [5.41, 5.74) is 2.32. The predicted molar refractivity (Wildman–Crippen MR) is 154 cm³/mol. The number of nitro benzene ring substituents is 1. The number of esters is 1. The van der Waals surface area contributed by atoms with E-state index < -0.39 is 16.9 Å². The molecule has 1 atom stereocenters. The van der Waals surface area contributed by atoms with Crippen LogP contribution in [-0.4, -0.2) is 55.0 Å². The summed E-state index contributed by atoms with van der Waals surface area (Å²) in [5.74, 6) is 0.124. The molecule has 0 N–H and O–H groups in total. The first kappa shape index (κ1) is 28.2. The van der Waals surface area contributed by atoms with Gasteiger partial charge in [-0.25, -0.2) is 9.79 Å². The molecule has 12 heteroatoms. The summed E-state index contributed by atoms with van der Waals surface area (Å²) in [6.45, 7) is 8.34. The first-order valence-corrected chi connectivity index (χ1v) is 14.2. The molecule has 5 rings (SSSR count). The number of nitrogens with zero attached hydrogens (tertiary/aromatic N) is 4. The third kappa shape index (κ3) is 5.66. The molecule has 0 radical (unpaired) electrons. The molecule has 3 heterocycles. The van der Waals surface area contributed by atoms with E-state index in [9.17, 15) is 19.7 Å². The quantitative estimate of drug-likeness (QED) is 0.227. The topological polar surface area (TPSA) is 126 Å². The number of carbonyl (C=O) groups excluding carboxylic acids is 1. The van der Waals surface area contributed by atoms with Crippen LogP contribution in [0.3, 0.4) is 0 Å². The lowest BCUT2D eigenvalue weighted by Crippen LogP contribution is -2.40. The highest BCUT2D eigenvalue weighted by atomic mass is 32.1. The van der Waals surface area contributed by atoms with Gasteiger partial charge in [-0.2, -0.15) is 0 Å². The van der Waals surface area contributed by atoms with E-state index in [-0.39, 0.29) is 23.4 Å². The average molecular weight is 579 g/mol. The monoisotopic (exact) mass is 578 g/mol. The zero-order valence-electron chi connectivity index (χ0n) is 23.0. The van der Waals surface area contributed by atoms with E-state index in [0.717, 1.165) is 5.69 Å². The number of fused-ring (bicyclic) bond motifs is 1. The van der Waals surface area contributed by atoms with E-state index in [1.807, 2.05) is 19.1 Å². The van der Waals surface area contributed by atoms with E-state index in [1.165, 1.54) is 28.0 Å². The van der Waals surface area contributed by atoms with Crippen molar-refractivity contribution in [3.8, 4) is 5.75 Å². The molecule has 2 aromatic carbocycles. The number of carbonyl (C=O) groups is 1. The first-order valence-electron chi connectivity index (χ1n) is 13.4. The van der Waals surface area contributed by atoms with Gasteiger partial charge in [0.2, 0.25) is 0 Å². The highest BCUT2D eigenvalue weighted by Crippen LogP contribution is 2.32. The highest BCUT2D eigenvalue weighted by Gasteiger charge is 2.33. The summed E-state index contributed by atoms with van der Waals surface area (Å²) in [7, 11) is 0. The second kappa shape index (κ2) is 12.1. The zero-order valence-corrected chi connectivity index (χ0v) is 23.8. The number of non-ortho nitro benzene ring substituents is 1. The number of rotatable bonds is 8. The van der Waals surface area contributed by atoms with Crippen molar-refractivity contribution in [3.63, 3.8) is 0 Å². The number of hydrogen-bond acceptors (Lipinski definition) is 10. The van der Waals surface area contributed by atoms with Crippen LogP contribution in [0.4, 0.5) is 11.4 Å². The van der Waals surface area contributed by atoms with Crippen molar-refractivity contribution < 1.29 is 23.9 Å². The van der Waals surface area contributed by atoms with E-state index >= 15 is 0 Å². The molecule has 0 spiro atoms. The Hall–Kier alpha value is -4.29. The molecule has 3 aromatic rings. The number of thiazole rings is 1. The van der Waals surface area contributed by atoms with Crippen molar-refractivity contribution in [2.45, 2.75) is 26.8 Å². The van der Waals surface area contributed by atoms with Gasteiger partial charge >= 0.3 is 5.97 Å². The lowest BCUT2D eigenvalue weighted by molar-refractivity contribution is -0.384. The smallest absolute Gasteiger partial charge is 0.338 e. The largest absolute Gasteiger partial charge is 0.494 e. The van der Waals surface area contributed by atoms with Gasteiger partial charge in [0, 0.05) is 36.5 Å². The Kier molecular flexibility index (Phi) is 8.31. The van der Waals surface area contributed by atoms with E-state index in [0.29, 0.717) is 64.8 Å². The maximum atomic E-state index is 14.0. The SMILES string of the molecule is CCOC(=O)C1=C(C)N=c2s/c(=C/c3cc([N+](=O)[O-])ccc3N3CCOCC3)c(=O)n2[C@@H]1c1ccc(OCC)cc1. The van der Waals surface area contributed by atoms with Crippen LogP contribution in [0.1, 0.15) is 37.9 Å². The van der Waals surface area contributed by atoms with E-state index in [4.69, 9.17) is 14.2 Å². The fourth-order valence-corrected chi connectivity index (χ4v) is 6.06. The highest BCUT2D eigenvalue weighted by molar-refractivity contribution is 7.07. The molecule has 1 fully saturated rings. The molecular weight excluding hydrogens is 548 g/mol. The summed E-state index contributed by atoms with van der Waals surface area (Å²) in [6, 6.07) is 11.1. The maximum absolute atomic E-state index is 14.0. The molecule has 0 aliphatic carbocycles. The molecule has 0 saturated carbocycles. The van der Waals surface area contributed by atoms with Crippen molar-refractivity contribution in [3.05, 3.63) is 94.7 Å². The van der Waals surface area contributed by atoms with E-state index in [1.54, 1.807) is 38.1 Å². The Morgan fingerprint density at radius 2 is 1.90 bits per heavy atom. The molecule has 1 saturated heterocycles. The maximum Gasteiger partial charge on any atom is 0.338 e. The molecule has 11 nitrogen and oxygen atoms in total. The molecule has 2 aliphatic rings. The number of hydrogen-bond donors (Lipinski definition) is 0. The summed E-state index contributed by atoms with van der Waals surface area (Å²) in [5, 5.41) is 11.6. The van der Waals surface area contributed by atoms with Gasteiger partial charge in [0.05, 0.1) is 53.2 Å². The fraction of sp³-hybridized carbons (Fsp3) is 0.345. The molecule has 1 aromatic heterocycles. The third-order valence-corrected chi connectivity index (χ3v) is 7.87. The van der Waals surface area contributed by atoms with E-state index in [2.05, 4.69) is 9.89 Å². The number of morpholine rings is 1. The van der Waals surface area contributed by atoms with Crippen LogP contribution < -0.4 is 24.5 Å². The summed E-state index contributed by atoms with van der Waals surface area (Å²) in [6.07, 6.45) is 1.67. The summed E-state index contributed by atoms with van der Waals surface area (Å²) < 4.78 is 18.3. The Morgan fingerprint density at radius 1 is 1.17 bits per heavy atom. The van der Waals surface area contributed by atoms with Gasteiger partial charge in [0.25, 0.3) is 11.2 Å². The van der Waals surface area contributed by atoms with Crippen molar-refractivity contribution in [2.24, 2.45) is 4.99 Å². The molecule has 0 unspecified atom stereocenters. The third-order valence-electron chi connectivity index (χ3n) is 6.88. The standard InChI is InChI=1S/C29H30N4O7S/c1-4-39-22-9-6-19(7-10-22)26-25(28(35)40-5-2)18(3)30-29-32(26)27(34)24(41-29)17-20-16-21(33(36)37)8-11-23(20)31-12-14-38-15-13-31/h6-11,16-17,26H,4-5,12-15H2,1-3H3/b24-17+/t26-/m1/s1. The van der Waals surface area contributed by atoms with Crippen molar-refractivity contribution in [2.75, 3.05) is 44.4 Å². The molecule has 41 heavy (non-hydrogen) atoms. The van der Waals surface area contributed by atoms with Gasteiger partial charge in [-0.15, -0.1) is 0 Å². The minimum atomic E-state index is -0.771. The number of aromatic nitrogens is 1.